The van der Waals surface area contributed by atoms with E-state index in [-0.39, 0.29) is 49.1 Å². The number of nitro benzene ring substituents is 1. The Morgan fingerprint density at radius 1 is 0.843 bits per heavy atom. The smallest absolute Gasteiger partial charge is 0.303 e. The number of rotatable bonds is 20. The maximum absolute atomic E-state index is 13.4. The molecule has 0 aliphatic heterocycles. The van der Waals surface area contributed by atoms with E-state index in [1.807, 2.05) is 6.92 Å². The standard InChI is InChI=1S/C33H45N9O9/c1-4-19(2)27(41-29(46)21-9-6-5-7-10-21)32(49)40-25(16-17-26(43)44)30(47)37-20(3)28(45)39-24(11-8-18-36-33(34)35)31(48)38-22-12-14-23(15-13-22)42(50)51/h5-7,9-10,12-15,19-20,24-25,27H,4,8,11,16-18H2,1-3H3,(H,37,47)(H,38,48)(H,39,45)(H,40,49)(H,41,46)(H,43,44)(H4,34,35,36)/t19-,20-,24-,25-,27-/m0/s1. The number of nitrogens with two attached hydrogens (primary N) is 1. The lowest BCUT2D eigenvalue weighted by Crippen LogP contribution is -2.58. The van der Waals surface area contributed by atoms with Crippen molar-refractivity contribution < 1.29 is 38.8 Å². The predicted molar refractivity (Wildman–Crippen MR) is 186 cm³/mol. The van der Waals surface area contributed by atoms with Crippen molar-refractivity contribution in [3.63, 3.8) is 0 Å². The molecule has 0 aromatic heterocycles. The maximum atomic E-state index is 13.4. The first-order chi connectivity index (χ1) is 24.1. The van der Waals surface area contributed by atoms with Gasteiger partial charge in [-0.3, -0.25) is 44.3 Å². The summed E-state index contributed by atoms with van der Waals surface area (Å²) < 4.78 is 0. The van der Waals surface area contributed by atoms with Gasteiger partial charge in [-0.15, -0.1) is 0 Å². The number of carboxylic acid groups (broad SMARTS) is 1. The van der Waals surface area contributed by atoms with Gasteiger partial charge in [0.1, 0.15) is 24.2 Å². The summed E-state index contributed by atoms with van der Waals surface area (Å²) in [6.07, 6.45) is 0.00201. The van der Waals surface area contributed by atoms with Gasteiger partial charge in [0.2, 0.25) is 23.6 Å². The van der Waals surface area contributed by atoms with E-state index in [1.54, 1.807) is 37.3 Å². The second-order valence-corrected chi connectivity index (χ2v) is 11.8. The zero-order valence-electron chi connectivity index (χ0n) is 28.6. The molecule has 0 aliphatic carbocycles. The first kappa shape index (κ1) is 41.1. The monoisotopic (exact) mass is 711 g/mol. The molecule has 2 rings (SSSR count). The molecule has 0 radical (unpaired) electrons. The first-order valence-corrected chi connectivity index (χ1v) is 16.2. The minimum Gasteiger partial charge on any atom is -0.481 e. The average molecular weight is 712 g/mol. The van der Waals surface area contributed by atoms with Gasteiger partial charge in [0.25, 0.3) is 11.6 Å². The fraction of sp³-hybridized carbons (Fsp3) is 0.424. The lowest BCUT2D eigenvalue weighted by atomic mass is 9.97. The second kappa shape index (κ2) is 20.4. The molecular weight excluding hydrogens is 666 g/mol. The number of amides is 5. The quantitative estimate of drug-likeness (QED) is 0.0307. The summed E-state index contributed by atoms with van der Waals surface area (Å²) >= 11 is 0. The number of hydrogen-bond acceptors (Lipinski definition) is 9. The second-order valence-electron chi connectivity index (χ2n) is 11.8. The van der Waals surface area contributed by atoms with Crippen molar-refractivity contribution in [1.29, 1.82) is 5.41 Å². The Kier molecular flexibility index (Phi) is 16.5. The van der Waals surface area contributed by atoms with E-state index in [9.17, 15) is 44.0 Å². The van der Waals surface area contributed by atoms with Crippen LogP contribution in [0.1, 0.15) is 63.2 Å². The fourth-order valence-corrected chi connectivity index (χ4v) is 4.68. The number of hydrogen-bond donors (Lipinski definition) is 9. The van der Waals surface area contributed by atoms with Gasteiger partial charge in [0.05, 0.1) is 4.92 Å². The van der Waals surface area contributed by atoms with Crippen LogP contribution in [0.4, 0.5) is 11.4 Å². The van der Waals surface area contributed by atoms with Gasteiger partial charge in [-0.1, -0.05) is 38.5 Å². The first-order valence-electron chi connectivity index (χ1n) is 16.2. The molecule has 0 heterocycles. The van der Waals surface area contributed by atoms with Crippen molar-refractivity contribution >= 4 is 52.8 Å². The summed E-state index contributed by atoms with van der Waals surface area (Å²) in [6, 6.07) is 8.33. The highest BCUT2D eigenvalue weighted by molar-refractivity contribution is 6.00. The van der Waals surface area contributed by atoms with Gasteiger partial charge < -0.3 is 42.7 Å². The number of aliphatic carboxylic acids is 1. The molecule has 0 fully saturated rings. The van der Waals surface area contributed by atoms with E-state index in [4.69, 9.17) is 11.1 Å². The highest BCUT2D eigenvalue weighted by Crippen LogP contribution is 2.16. The number of carbonyl (C=O) groups is 6. The zero-order valence-corrected chi connectivity index (χ0v) is 28.6. The molecule has 0 unspecified atom stereocenters. The third kappa shape index (κ3) is 14.1. The third-order valence-electron chi connectivity index (χ3n) is 7.81. The van der Waals surface area contributed by atoms with Crippen molar-refractivity contribution in [2.45, 2.75) is 77.0 Å². The molecule has 0 bridgehead atoms. The Labute approximate surface area is 294 Å². The lowest BCUT2D eigenvalue weighted by Gasteiger charge is -2.27. The SMILES string of the molecule is CC[C@H](C)[C@H](NC(=O)c1ccccc1)C(=O)N[C@@H](CCC(=O)O)C(=O)N[C@@H](C)C(=O)N[C@@H](CCCNC(=N)N)C(=O)Nc1ccc([N+](=O)[O-])cc1. The van der Waals surface area contributed by atoms with Gasteiger partial charge >= 0.3 is 5.97 Å². The molecule has 0 saturated carbocycles. The Balaban J connectivity index is 2.17. The van der Waals surface area contributed by atoms with Crippen LogP contribution in [0.15, 0.2) is 54.6 Å². The number of anilines is 1. The Hall–Kier alpha value is -6.07. The molecule has 18 nitrogen and oxygen atoms in total. The van der Waals surface area contributed by atoms with E-state index >= 15 is 0 Å². The lowest BCUT2D eigenvalue weighted by molar-refractivity contribution is -0.384. The molecular formula is C33H45N9O9. The van der Waals surface area contributed by atoms with Crippen LogP contribution < -0.4 is 37.6 Å². The molecule has 276 valence electrons. The topological polar surface area (TPSA) is 288 Å². The third-order valence-corrected chi connectivity index (χ3v) is 7.81. The van der Waals surface area contributed by atoms with Gasteiger partial charge in [-0.05, 0) is 56.4 Å². The van der Waals surface area contributed by atoms with Crippen LogP contribution in [0, 0.1) is 21.4 Å². The van der Waals surface area contributed by atoms with Crippen molar-refractivity contribution in [2.75, 3.05) is 11.9 Å². The molecule has 2 aromatic carbocycles. The Bertz CT molecular complexity index is 1550. The van der Waals surface area contributed by atoms with E-state index in [2.05, 4.69) is 31.9 Å². The molecule has 10 N–H and O–H groups in total. The summed E-state index contributed by atoms with van der Waals surface area (Å²) in [5.74, 6) is -5.46. The van der Waals surface area contributed by atoms with Gasteiger partial charge in [-0.2, -0.15) is 0 Å². The molecule has 18 heteroatoms. The van der Waals surface area contributed by atoms with Crippen LogP contribution in [0.25, 0.3) is 0 Å². The largest absolute Gasteiger partial charge is 0.481 e. The highest BCUT2D eigenvalue weighted by atomic mass is 16.6. The summed E-state index contributed by atoms with van der Waals surface area (Å²) in [4.78, 5) is 87.8. The number of benzene rings is 2. The van der Waals surface area contributed by atoms with Crippen molar-refractivity contribution in [3.8, 4) is 0 Å². The number of nitrogens with zero attached hydrogens (tertiary/aromatic N) is 1. The van der Waals surface area contributed by atoms with Gasteiger partial charge in [0, 0.05) is 36.3 Å². The molecule has 2 aromatic rings. The predicted octanol–water partition coefficient (Wildman–Crippen LogP) is 0.980. The number of nitro groups is 1. The maximum Gasteiger partial charge on any atom is 0.303 e. The van der Waals surface area contributed by atoms with Crippen LogP contribution >= 0.6 is 0 Å². The Morgan fingerprint density at radius 2 is 1.45 bits per heavy atom. The molecule has 5 amide bonds. The number of carboxylic acids is 1. The van der Waals surface area contributed by atoms with E-state index in [0.29, 0.717) is 12.0 Å². The van der Waals surface area contributed by atoms with E-state index < -0.39 is 71.0 Å². The molecule has 0 spiro atoms. The van der Waals surface area contributed by atoms with Crippen molar-refractivity contribution in [1.82, 2.24) is 26.6 Å². The van der Waals surface area contributed by atoms with Crippen molar-refractivity contribution in [3.05, 3.63) is 70.3 Å². The van der Waals surface area contributed by atoms with Crippen molar-refractivity contribution in [2.24, 2.45) is 11.7 Å². The van der Waals surface area contributed by atoms with Gasteiger partial charge in [-0.25, -0.2) is 0 Å². The van der Waals surface area contributed by atoms with Gasteiger partial charge in [0.15, 0.2) is 5.96 Å². The van der Waals surface area contributed by atoms with Crippen LogP contribution in [0.5, 0.6) is 0 Å². The molecule has 5 atom stereocenters. The van der Waals surface area contributed by atoms with E-state index in [0.717, 1.165) is 0 Å². The zero-order chi connectivity index (χ0) is 38.1. The number of carbonyl (C=O) groups excluding carboxylic acids is 5. The molecule has 0 saturated heterocycles. The average Bonchev–Trinajstić information content (AvgIpc) is 3.09. The fourth-order valence-electron chi connectivity index (χ4n) is 4.68. The van der Waals surface area contributed by atoms with Crippen LogP contribution in [0.3, 0.4) is 0 Å². The number of nitrogens with one attached hydrogen (secondary N) is 7. The minimum atomic E-state index is -1.40. The molecule has 0 aliphatic rings. The van der Waals surface area contributed by atoms with Crippen LogP contribution in [-0.4, -0.2) is 82.2 Å². The Morgan fingerprint density at radius 3 is 2.02 bits per heavy atom. The van der Waals surface area contributed by atoms with E-state index in [1.165, 1.54) is 31.2 Å². The summed E-state index contributed by atoms with van der Waals surface area (Å²) in [5.41, 5.74) is 5.65. The summed E-state index contributed by atoms with van der Waals surface area (Å²) in [7, 11) is 0. The minimum absolute atomic E-state index is 0.0640. The molecule has 51 heavy (non-hydrogen) atoms. The number of non-ortho nitro benzene ring substituents is 1. The normalized spacial score (nSPS) is 13.5. The van der Waals surface area contributed by atoms with Crippen LogP contribution in [0.2, 0.25) is 0 Å². The summed E-state index contributed by atoms with van der Waals surface area (Å²) in [5, 5.41) is 42.9. The van der Waals surface area contributed by atoms with Crippen LogP contribution in [-0.2, 0) is 24.0 Å². The highest BCUT2D eigenvalue weighted by Gasteiger charge is 2.32. The number of guanidine groups is 1. The summed E-state index contributed by atoms with van der Waals surface area (Å²) in [6.45, 7) is 5.08.